The fourth-order valence-corrected chi connectivity index (χ4v) is 5.31. The summed E-state index contributed by atoms with van der Waals surface area (Å²) in [5.74, 6) is 1.14. The first-order valence-corrected chi connectivity index (χ1v) is 13.1. The Morgan fingerprint density at radius 2 is 1.89 bits per heavy atom. The number of hydrogen-bond donors (Lipinski definition) is 0. The highest BCUT2D eigenvalue weighted by molar-refractivity contribution is 7.07. The van der Waals surface area contributed by atoms with Crippen molar-refractivity contribution in [2.24, 2.45) is 4.99 Å². The molecule has 0 aliphatic carbocycles. The van der Waals surface area contributed by atoms with Gasteiger partial charge >= 0.3 is 5.97 Å². The number of allylic oxidation sites excluding steroid dienone is 1. The fourth-order valence-electron chi connectivity index (χ4n) is 4.26. The summed E-state index contributed by atoms with van der Waals surface area (Å²) < 4.78 is 24.5. The number of thiazole rings is 1. The minimum Gasteiger partial charge on any atom is -0.493 e. The van der Waals surface area contributed by atoms with Gasteiger partial charge in [-0.15, -0.1) is 0 Å². The second-order valence-electron chi connectivity index (χ2n) is 8.28. The molecule has 2 heterocycles. The zero-order chi connectivity index (χ0) is 27.2. The van der Waals surface area contributed by atoms with Crippen LogP contribution < -0.4 is 29.1 Å². The maximum Gasteiger partial charge on any atom is 0.338 e. The zero-order valence-corrected chi connectivity index (χ0v) is 22.7. The van der Waals surface area contributed by atoms with Crippen LogP contribution >= 0.6 is 11.3 Å². The van der Waals surface area contributed by atoms with E-state index in [-0.39, 0.29) is 17.7 Å². The predicted octanol–water partition coefficient (Wildman–Crippen LogP) is 3.77. The van der Waals surface area contributed by atoms with Crippen LogP contribution in [0, 0.1) is 0 Å². The van der Waals surface area contributed by atoms with Crippen molar-refractivity contribution in [3.63, 3.8) is 0 Å². The summed E-state index contributed by atoms with van der Waals surface area (Å²) in [6, 6.07) is 12.0. The summed E-state index contributed by atoms with van der Waals surface area (Å²) in [7, 11) is 1.55. The van der Waals surface area contributed by atoms with E-state index in [1.54, 1.807) is 45.2 Å². The third kappa shape index (κ3) is 5.28. The minimum atomic E-state index is -0.807. The number of nitrogens with zero attached hydrogens (tertiary/aromatic N) is 2. The summed E-state index contributed by atoms with van der Waals surface area (Å²) in [6.07, 6.45) is 3.48. The molecule has 1 aliphatic heterocycles. The molecule has 0 fully saturated rings. The predicted molar refractivity (Wildman–Crippen MR) is 147 cm³/mol. The molecule has 0 unspecified atom stereocenters. The van der Waals surface area contributed by atoms with Crippen LogP contribution in [-0.2, 0) is 9.53 Å². The van der Waals surface area contributed by atoms with Gasteiger partial charge in [-0.05, 0) is 50.6 Å². The molecular weight excluding hydrogens is 504 g/mol. The number of carbonyl (C=O) groups excluding carboxylic acids is 1. The smallest absolute Gasteiger partial charge is 0.338 e. The Hall–Kier alpha value is -4.11. The van der Waals surface area contributed by atoms with E-state index in [1.165, 1.54) is 15.9 Å². The minimum absolute atomic E-state index is 0.190. The lowest BCUT2D eigenvalue weighted by Gasteiger charge is -2.26. The van der Waals surface area contributed by atoms with Crippen LogP contribution in [0.1, 0.15) is 37.9 Å². The molecule has 1 aliphatic rings. The van der Waals surface area contributed by atoms with Crippen molar-refractivity contribution in [3.8, 4) is 17.2 Å². The van der Waals surface area contributed by atoms with Crippen LogP contribution in [0.5, 0.6) is 17.2 Å². The molecule has 0 amide bonds. The van der Waals surface area contributed by atoms with E-state index < -0.39 is 12.0 Å². The molecular formula is C29H30N2O6S. The van der Waals surface area contributed by atoms with E-state index in [1.807, 2.05) is 37.3 Å². The van der Waals surface area contributed by atoms with E-state index in [4.69, 9.17) is 18.9 Å². The van der Waals surface area contributed by atoms with Gasteiger partial charge in [-0.3, -0.25) is 9.36 Å². The number of fused-ring (bicyclic) bond motifs is 1. The van der Waals surface area contributed by atoms with Crippen molar-refractivity contribution >= 4 is 23.4 Å². The Morgan fingerprint density at radius 1 is 1.13 bits per heavy atom. The Bertz CT molecular complexity index is 1550. The summed E-state index contributed by atoms with van der Waals surface area (Å²) >= 11 is 1.26. The lowest BCUT2D eigenvalue weighted by molar-refractivity contribution is -0.139. The Morgan fingerprint density at radius 3 is 2.55 bits per heavy atom. The van der Waals surface area contributed by atoms with E-state index in [2.05, 4.69) is 11.6 Å². The summed E-state index contributed by atoms with van der Waals surface area (Å²) in [5.41, 5.74) is 1.93. The zero-order valence-electron chi connectivity index (χ0n) is 21.9. The van der Waals surface area contributed by atoms with Gasteiger partial charge in [-0.25, -0.2) is 9.79 Å². The molecule has 9 heteroatoms. The number of rotatable bonds is 10. The van der Waals surface area contributed by atoms with Crippen molar-refractivity contribution in [1.82, 2.24) is 4.57 Å². The number of esters is 1. The first-order chi connectivity index (χ1) is 18.4. The first kappa shape index (κ1) is 26.9. The number of ether oxygens (including phenoxy) is 4. The molecule has 0 saturated carbocycles. The highest BCUT2D eigenvalue weighted by Gasteiger charge is 2.35. The standard InChI is InChI=1S/C29H30N2O6S/c1-6-16-37-20-14-12-19(13-15-20)17-23-27(32)31-25(21-10-9-11-22(34-5)26(21)35-7-2)24(28(33)36-8-3)18(4)30-29(31)38-23/h6,9-15,17,25H,1,7-8,16H2,2-5H3/b23-17+/t25-/m1/s1. The third-order valence-corrected chi connectivity index (χ3v) is 6.86. The van der Waals surface area contributed by atoms with Gasteiger partial charge in [0.25, 0.3) is 5.56 Å². The van der Waals surface area contributed by atoms with Gasteiger partial charge in [-0.1, -0.05) is 48.3 Å². The summed E-state index contributed by atoms with van der Waals surface area (Å²) in [4.78, 5) is 32.2. The Balaban J connectivity index is 1.92. The molecule has 38 heavy (non-hydrogen) atoms. The average Bonchev–Trinajstić information content (AvgIpc) is 3.22. The highest BCUT2D eigenvalue weighted by Crippen LogP contribution is 2.40. The SMILES string of the molecule is C=CCOc1ccc(/C=c2/sc3n(c2=O)[C@H](c2cccc(OC)c2OCC)C(C(=O)OCC)=C(C)N=3)cc1. The van der Waals surface area contributed by atoms with Gasteiger partial charge in [0.1, 0.15) is 18.4 Å². The second-order valence-corrected chi connectivity index (χ2v) is 9.29. The Labute approximate surface area is 224 Å². The van der Waals surface area contributed by atoms with Crippen LogP contribution in [0.25, 0.3) is 6.08 Å². The average molecular weight is 535 g/mol. The molecule has 1 atom stereocenters. The number of para-hydroxylation sites is 1. The van der Waals surface area contributed by atoms with E-state index in [0.29, 0.717) is 51.1 Å². The molecule has 1 aromatic heterocycles. The van der Waals surface area contributed by atoms with Crippen molar-refractivity contribution in [3.05, 3.63) is 97.2 Å². The van der Waals surface area contributed by atoms with Gasteiger partial charge in [0.05, 0.1) is 36.1 Å². The maximum absolute atomic E-state index is 13.9. The van der Waals surface area contributed by atoms with Gasteiger partial charge in [-0.2, -0.15) is 0 Å². The molecule has 0 radical (unpaired) electrons. The van der Waals surface area contributed by atoms with E-state index in [9.17, 15) is 9.59 Å². The summed E-state index contributed by atoms with van der Waals surface area (Å²) in [6.45, 7) is 9.98. The molecule has 0 spiro atoms. The molecule has 0 N–H and O–H groups in total. The van der Waals surface area contributed by atoms with Crippen LogP contribution in [0.3, 0.4) is 0 Å². The molecule has 0 bridgehead atoms. The van der Waals surface area contributed by atoms with Crippen molar-refractivity contribution < 1.29 is 23.7 Å². The van der Waals surface area contributed by atoms with Crippen molar-refractivity contribution in [2.75, 3.05) is 26.9 Å². The molecule has 8 nitrogen and oxygen atoms in total. The van der Waals surface area contributed by atoms with Gasteiger partial charge in [0.15, 0.2) is 16.3 Å². The van der Waals surface area contributed by atoms with Crippen LogP contribution in [-0.4, -0.2) is 37.5 Å². The Kier molecular flexibility index (Phi) is 8.48. The number of hydrogen-bond acceptors (Lipinski definition) is 8. The first-order valence-electron chi connectivity index (χ1n) is 12.3. The lowest BCUT2D eigenvalue weighted by atomic mass is 9.94. The van der Waals surface area contributed by atoms with Crippen molar-refractivity contribution in [1.29, 1.82) is 0 Å². The van der Waals surface area contributed by atoms with Crippen LogP contribution in [0.15, 0.2) is 76.2 Å². The fraction of sp³-hybridized carbons (Fsp3) is 0.276. The maximum atomic E-state index is 13.9. The molecule has 2 aromatic carbocycles. The topological polar surface area (TPSA) is 88.3 Å². The largest absolute Gasteiger partial charge is 0.493 e. The van der Waals surface area contributed by atoms with E-state index >= 15 is 0 Å². The number of methoxy groups -OCH3 is 1. The van der Waals surface area contributed by atoms with Gasteiger partial charge in [0, 0.05) is 5.56 Å². The number of carbonyl (C=O) groups is 1. The molecule has 4 rings (SSSR count). The normalized spacial score (nSPS) is 14.9. The monoisotopic (exact) mass is 534 g/mol. The second kappa shape index (κ2) is 12.0. The van der Waals surface area contributed by atoms with Gasteiger partial charge < -0.3 is 18.9 Å². The number of aromatic nitrogens is 1. The molecule has 0 saturated heterocycles. The third-order valence-electron chi connectivity index (χ3n) is 5.88. The molecule has 3 aromatic rings. The quantitative estimate of drug-likeness (QED) is 0.291. The van der Waals surface area contributed by atoms with Gasteiger partial charge in [0.2, 0.25) is 0 Å². The van der Waals surface area contributed by atoms with Crippen LogP contribution in [0.4, 0.5) is 0 Å². The highest BCUT2D eigenvalue weighted by atomic mass is 32.1. The summed E-state index contributed by atoms with van der Waals surface area (Å²) in [5, 5.41) is 0. The van der Waals surface area contributed by atoms with E-state index in [0.717, 1.165) is 5.56 Å². The molecule has 198 valence electrons. The van der Waals surface area contributed by atoms with Crippen LogP contribution in [0.2, 0.25) is 0 Å². The lowest BCUT2D eigenvalue weighted by Crippen LogP contribution is -2.40. The number of benzene rings is 2. The van der Waals surface area contributed by atoms with Crippen molar-refractivity contribution in [2.45, 2.75) is 26.8 Å².